The number of thioether (sulfide) groups is 1. The number of benzene rings is 5. The van der Waals surface area contributed by atoms with Crippen LogP contribution in [0.5, 0.6) is 0 Å². The van der Waals surface area contributed by atoms with Gasteiger partial charge in [-0.3, -0.25) is 4.79 Å². The minimum Gasteiger partial charge on any atom is -0.332 e. The van der Waals surface area contributed by atoms with Crippen LogP contribution < -0.4 is 16.0 Å². The lowest BCUT2D eigenvalue weighted by molar-refractivity contribution is -0.115. The van der Waals surface area contributed by atoms with Crippen molar-refractivity contribution in [3.05, 3.63) is 138 Å². The van der Waals surface area contributed by atoms with Crippen molar-refractivity contribution in [1.82, 2.24) is 4.98 Å². The molecule has 0 aliphatic carbocycles. The molecule has 0 aliphatic heterocycles. The topological polar surface area (TPSA) is 66.0 Å². The van der Waals surface area contributed by atoms with Gasteiger partial charge in [-0.1, -0.05) is 91.0 Å². The highest BCUT2D eigenvalue weighted by Gasteiger charge is 2.23. The summed E-state index contributed by atoms with van der Waals surface area (Å²) < 4.78 is 0. The predicted octanol–water partition coefficient (Wildman–Crippen LogP) is 9.24. The van der Waals surface area contributed by atoms with Gasteiger partial charge in [0.1, 0.15) is 5.25 Å². The maximum Gasteiger partial charge on any atom is 0.244 e. The number of hydrogen-bond acceptors (Lipinski definition) is 5. The van der Waals surface area contributed by atoms with Crippen LogP contribution in [-0.4, -0.2) is 16.0 Å². The van der Waals surface area contributed by atoms with Gasteiger partial charge < -0.3 is 16.0 Å². The third-order valence-electron chi connectivity index (χ3n) is 6.50. The summed E-state index contributed by atoms with van der Waals surface area (Å²) in [6, 6.07) is 42.0. The molecule has 1 atom stereocenters. The lowest BCUT2D eigenvalue weighted by Crippen LogP contribution is -2.19. The number of aromatic nitrogens is 1. The minimum atomic E-state index is -0.483. The number of nitrogens with one attached hydrogen (secondary N) is 3. The number of fused-ring (bicyclic) bond motifs is 1. The summed E-state index contributed by atoms with van der Waals surface area (Å²) in [5, 5.41) is 14.4. The number of thiocarbonyl (C=S) groups is 1. The van der Waals surface area contributed by atoms with Gasteiger partial charge in [0.25, 0.3) is 0 Å². The lowest BCUT2D eigenvalue weighted by atomic mass is 10.1. The molecule has 0 saturated heterocycles. The monoisotopic (exact) mass is 602 g/mol. The molecule has 6 rings (SSSR count). The molecule has 6 aromatic rings. The van der Waals surface area contributed by atoms with Gasteiger partial charge in [0.15, 0.2) is 10.2 Å². The first kappa shape index (κ1) is 27.7. The molecule has 0 radical (unpaired) electrons. The second-order valence-corrected chi connectivity index (χ2v) is 11.9. The van der Waals surface area contributed by atoms with Crippen molar-refractivity contribution in [3.8, 4) is 11.3 Å². The standard InChI is InChI=1S/C34H26N4OS3/c39-32(38-34-37-30(22-41-34)26-19-18-23-10-7-8-13-25(23)20-26)31(24-11-3-1-4-12-24)42-29-17-9-16-28(21-29)36-33(40)35-27-14-5-2-6-15-27/h1-22,31H,(H2,35,36,40)(H,37,38,39). The Morgan fingerprint density at radius 3 is 2.21 bits per heavy atom. The number of thiazole rings is 1. The summed E-state index contributed by atoms with van der Waals surface area (Å²) in [4.78, 5) is 19.4. The molecule has 0 spiro atoms. The maximum absolute atomic E-state index is 13.7. The SMILES string of the molecule is O=C(Nc1nc(-c2ccc3ccccc3c2)cs1)C(Sc1cccc(NC(=S)Nc2ccccc2)c1)c1ccccc1. The summed E-state index contributed by atoms with van der Waals surface area (Å²) in [5.41, 5.74) is 4.51. The summed E-state index contributed by atoms with van der Waals surface area (Å²) in [6.07, 6.45) is 0. The molecule has 3 N–H and O–H groups in total. The zero-order valence-electron chi connectivity index (χ0n) is 22.4. The van der Waals surface area contributed by atoms with Crippen molar-refractivity contribution in [2.45, 2.75) is 10.1 Å². The van der Waals surface area contributed by atoms with Crippen LogP contribution in [-0.2, 0) is 4.79 Å². The molecule has 42 heavy (non-hydrogen) atoms. The van der Waals surface area contributed by atoms with Crippen LogP contribution in [0.4, 0.5) is 16.5 Å². The van der Waals surface area contributed by atoms with E-state index in [1.54, 1.807) is 0 Å². The summed E-state index contributed by atoms with van der Waals surface area (Å²) in [7, 11) is 0. The van der Waals surface area contributed by atoms with Gasteiger partial charge in [0.2, 0.25) is 5.91 Å². The Kier molecular flexibility index (Phi) is 8.56. The number of amides is 1. The average molecular weight is 603 g/mol. The molecule has 0 fully saturated rings. The van der Waals surface area contributed by atoms with Crippen LogP contribution in [0.3, 0.4) is 0 Å². The minimum absolute atomic E-state index is 0.134. The Balaban J connectivity index is 1.18. The fraction of sp³-hybridized carbons (Fsp3) is 0.0294. The third-order valence-corrected chi connectivity index (χ3v) is 8.71. The molecule has 1 heterocycles. The highest BCUT2D eigenvalue weighted by molar-refractivity contribution is 8.00. The van der Waals surface area contributed by atoms with Gasteiger partial charge in [0.05, 0.1) is 5.69 Å². The van der Waals surface area contributed by atoms with Crippen LogP contribution in [0.25, 0.3) is 22.0 Å². The van der Waals surface area contributed by atoms with E-state index in [0.717, 1.165) is 38.5 Å². The molecular formula is C34H26N4OS3. The quantitative estimate of drug-likeness (QED) is 0.119. The molecule has 0 bridgehead atoms. The molecule has 0 aliphatic rings. The number of carbonyl (C=O) groups excluding carboxylic acids is 1. The van der Waals surface area contributed by atoms with E-state index < -0.39 is 5.25 Å². The molecule has 5 aromatic carbocycles. The second kappa shape index (κ2) is 13.0. The first-order chi connectivity index (χ1) is 20.6. The molecule has 206 valence electrons. The van der Waals surface area contributed by atoms with Crippen molar-refractivity contribution in [2.24, 2.45) is 0 Å². The van der Waals surface area contributed by atoms with Crippen LogP contribution >= 0.6 is 35.3 Å². The van der Waals surface area contributed by atoms with Gasteiger partial charge in [-0.25, -0.2) is 4.98 Å². The van der Waals surface area contributed by atoms with Crippen LogP contribution in [0.15, 0.2) is 138 Å². The van der Waals surface area contributed by atoms with E-state index in [-0.39, 0.29) is 5.91 Å². The highest BCUT2D eigenvalue weighted by atomic mass is 32.2. The largest absolute Gasteiger partial charge is 0.332 e. The number of carbonyl (C=O) groups is 1. The summed E-state index contributed by atoms with van der Waals surface area (Å²) in [6.45, 7) is 0. The number of nitrogens with zero attached hydrogens (tertiary/aromatic N) is 1. The number of rotatable bonds is 8. The number of hydrogen-bond donors (Lipinski definition) is 3. The fourth-order valence-electron chi connectivity index (χ4n) is 4.48. The van der Waals surface area contributed by atoms with Gasteiger partial charge in [0, 0.05) is 27.2 Å². The lowest BCUT2D eigenvalue weighted by Gasteiger charge is -2.17. The molecule has 8 heteroatoms. The van der Waals surface area contributed by atoms with Crippen LogP contribution in [0.2, 0.25) is 0 Å². The van der Waals surface area contributed by atoms with Crippen LogP contribution in [0.1, 0.15) is 10.8 Å². The van der Waals surface area contributed by atoms with Crippen LogP contribution in [0, 0.1) is 0 Å². The number of para-hydroxylation sites is 1. The molecule has 1 aromatic heterocycles. The highest BCUT2D eigenvalue weighted by Crippen LogP contribution is 2.38. The van der Waals surface area contributed by atoms with E-state index in [4.69, 9.17) is 17.2 Å². The Hall–Kier alpha value is -4.50. The van der Waals surface area contributed by atoms with Crippen molar-refractivity contribution in [2.75, 3.05) is 16.0 Å². The Bertz CT molecular complexity index is 1840. The fourth-order valence-corrected chi connectivity index (χ4v) is 6.52. The van der Waals surface area contributed by atoms with Crippen molar-refractivity contribution in [3.63, 3.8) is 0 Å². The van der Waals surface area contributed by atoms with E-state index in [9.17, 15) is 4.79 Å². The van der Waals surface area contributed by atoms with Gasteiger partial charge in [-0.2, -0.15) is 0 Å². The smallest absolute Gasteiger partial charge is 0.244 e. The second-order valence-electron chi connectivity index (χ2n) is 9.47. The zero-order chi connectivity index (χ0) is 28.7. The Morgan fingerprint density at radius 1 is 0.714 bits per heavy atom. The average Bonchev–Trinajstić information content (AvgIpc) is 3.49. The number of anilines is 3. The Labute approximate surface area is 258 Å². The predicted molar refractivity (Wildman–Crippen MR) is 181 cm³/mol. The van der Waals surface area contributed by atoms with E-state index in [0.29, 0.717) is 10.2 Å². The Morgan fingerprint density at radius 2 is 1.40 bits per heavy atom. The van der Waals surface area contributed by atoms with E-state index >= 15 is 0 Å². The van der Waals surface area contributed by atoms with Crippen molar-refractivity contribution in [1.29, 1.82) is 0 Å². The summed E-state index contributed by atoms with van der Waals surface area (Å²) in [5.74, 6) is -0.134. The molecular weight excluding hydrogens is 577 g/mol. The van der Waals surface area contributed by atoms with Crippen molar-refractivity contribution >= 4 is 73.6 Å². The third kappa shape index (κ3) is 6.86. The van der Waals surface area contributed by atoms with Crippen molar-refractivity contribution < 1.29 is 4.79 Å². The van der Waals surface area contributed by atoms with Gasteiger partial charge >= 0.3 is 0 Å². The van der Waals surface area contributed by atoms with E-state index in [2.05, 4.69) is 46.3 Å². The normalized spacial score (nSPS) is 11.5. The molecule has 0 saturated carbocycles. The van der Waals surface area contributed by atoms with Gasteiger partial charge in [-0.05, 0) is 65.0 Å². The molecule has 1 amide bonds. The summed E-state index contributed by atoms with van der Waals surface area (Å²) >= 11 is 8.41. The van der Waals surface area contributed by atoms with E-state index in [1.807, 2.05) is 102 Å². The zero-order valence-corrected chi connectivity index (χ0v) is 24.8. The van der Waals surface area contributed by atoms with E-state index in [1.165, 1.54) is 28.5 Å². The first-order valence-electron chi connectivity index (χ1n) is 13.3. The maximum atomic E-state index is 13.7. The molecule has 5 nitrogen and oxygen atoms in total. The van der Waals surface area contributed by atoms with Gasteiger partial charge in [-0.15, -0.1) is 23.1 Å². The first-order valence-corrected chi connectivity index (χ1v) is 15.5. The molecule has 1 unspecified atom stereocenters.